The first-order valence-corrected chi connectivity index (χ1v) is 8.45. The van der Waals surface area contributed by atoms with Crippen molar-refractivity contribution < 1.29 is 0 Å². The van der Waals surface area contributed by atoms with E-state index in [0.717, 1.165) is 8.95 Å². The molecule has 0 saturated heterocycles. The van der Waals surface area contributed by atoms with E-state index in [1.807, 2.05) is 0 Å². The molecule has 0 nitrogen and oxygen atoms in total. The second kappa shape index (κ2) is 5.54. The van der Waals surface area contributed by atoms with Crippen LogP contribution in [-0.4, -0.2) is 0 Å². The normalized spacial score (nSPS) is 10.9. The molecular weight excluding hydrogens is 479 g/mol. The van der Waals surface area contributed by atoms with E-state index >= 15 is 0 Å². The van der Waals surface area contributed by atoms with E-state index in [9.17, 15) is 0 Å². The Morgan fingerprint density at radius 3 is 2.05 bits per heavy atom. The van der Waals surface area contributed by atoms with Gasteiger partial charge in [0.2, 0.25) is 0 Å². The second-order valence-corrected chi connectivity index (χ2v) is 7.29. The summed E-state index contributed by atoms with van der Waals surface area (Å²) in [5.74, 6) is 0. The number of rotatable bonds is 1. The molecule has 0 saturated carbocycles. The van der Waals surface area contributed by atoms with Crippen LogP contribution in [0.5, 0.6) is 0 Å². The Morgan fingerprint density at radius 1 is 0.737 bits per heavy atom. The molecule has 0 spiro atoms. The molecule has 0 heterocycles. The summed E-state index contributed by atoms with van der Waals surface area (Å²) in [6.07, 6.45) is 0. The van der Waals surface area contributed by atoms with E-state index in [0.29, 0.717) is 0 Å². The van der Waals surface area contributed by atoms with Crippen molar-refractivity contribution >= 4 is 65.2 Å². The van der Waals surface area contributed by atoms with Gasteiger partial charge >= 0.3 is 0 Å². The predicted molar refractivity (Wildman–Crippen MR) is 97.5 cm³/mol. The zero-order valence-corrected chi connectivity index (χ0v) is 15.2. The minimum Gasteiger partial charge on any atom is -0.0616 e. The molecule has 3 heteroatoms. The average molecular weight is 488 g/mol. The quantitative estimate of drug-likeness (QED) is 0.338. The van der Waals surface area contributed by atoms with Crippen LogP contribution >= 0.6 is 54.5 Å². The first-order chi connectivity index (χ1) is 9.15. The monoisotopic (exact) mass is 486 g/mol. The number of benzene rings is 3. The lowest BCUT2D eigenvalue weighted by Gasteiger charge is -2.09. The first kappa shape index (κ1) is 13.6. The molecule has 3 aromatic rings. The van der Waals surface area contributed by atoms with E-state index in [1.165, 1.54) is 25.5 Å². The molecule has 3 aromatic carbocycles. The van der Waals surface area contributed by atoms with Gasteiger partial charge in [0.25, 0.3) is 0 Å². The van der Waals surface area contributed by atoms with Gasteiger partial charge in [-0.1, -0.05) is 62.2 Å². The molecule has 0 N–H and O–H groups in total. The summed E-state index contributed by atoms with van der Waals surface area (Å²) in [6, 6.07) is 19.3. The topological polar surface area (TPSA) is 0 Å². The number of hydrogen-bond donors (Lipinski definition) is 0. The van der Waals surface area contributed by atoms with Crippen LogP contribution in [-0.2, 0) is 0 Å². The lowest BCUT2D eigenvalue weighted by atomic mass is 9.98. The van der Waals surface area contributed by atoms with Crippen LogP contribution in [0.4, 0.5) is 0 Å². The van der Waals surface area contributed by atoms with Gasteiger partial charge in [-0.3, -0.25) is 0 Å². The van der Waals surface area contributed by atoms with E-state index < -0.39 is 0 Å². The number of halogens is 3. The maximum Gasteiger partial charge on any atom is 0.0209 e. The van der Waals surface area contributed by atoms with Crippen molar-refractivity contribution in [3.05, 3.63) is 67.1 Å². The molecule has 0 fully saturated rings. The van der Waals surface area contributed by atoms with Crippen LogP contribution in [0.15, 0.2) is 63.5 Å². The fraction of sp³-hybridized carbons (Fsp3) is 0. The minimum absolute atomic E-state index is 1.08. The average Bonchev–Trinajstić information content (AvgIpc) is 2.38. The number of fused-ring (bicyclic) bond motifs is 1. The lowest BCUT2D eigenvalue weighted by molar-refractivity contribution is 1.57. The lowest BCUT2D eigenvalue weighted by Crippen LogP contribution is -1.84. The maximum atomic E-state index is 3.56. The molecule has 94 valence electrons. The molecule has 0 aromatic heterocycles. The number of hydrogen-bond acceptors (Lipinski definition) is 0. The largest absolute Gasteiger partial charge is 0.0616 e. The van der Waals surface area contributed by atoms with Gasteiger partial charge < -0.3 is 0 Å². The molecule has 0 unspecified atom stereocenters. The van der Waals surface area contributed by atoms with Crippen molar-refractivity contribution in [3.8, 4) is 11.1 Å². The van der Waals surface area contributed by atoms with Crippen LogP contribution in [0.25, 0.3) is 21.9 Å². The van der Waals surface area contributed by atoms with Crippen molar-refractivity contribution in [2.45, 2.75) is 0 Å². The van der Waals surface area contributed by atoms with Crippen molar-refractivity contribution in [2.24, 2.45) is 0 Å². The van der Waals surface area contributed by atoms with Crippen molar-refractivity contribution in [1.29, 1.82) is 0 Å². The van der Waals surface area contributed by atoms with E-state index in [4.69, 9.17) is 0 Å². The molecular formula is C16H9Br2I. The van der Waals surface area contributed by atoms with E-state index in [1.54, 1.807) is 0 Å². The molecule has 3 rings (SSSR count). The Bertz CT molecular complexity index is 746. The molecule has 0 aliphatic rings. The van der Waals surface area contributed by atoms with E-state index in [2.05, 4.69) is 109 Å². The highest BCUT2D eigenvalue weighted by Crippen LogP contribution is 2.34. The van der Waals surface area contributed by atoms with Gasteiger partial charge in [0.1, 0.15) is 0 Å². The molecule has 0 atom stereocenters. The van der Waals surface area contributed by atoms with Gasteiger partial charge in [0.05, 0.1) is 0 Å². The Morgan fingerprint density at radius 2 is 1.37 bits per heavy atom. The highest BCUT2D eigenvalue weighted by Gasteiger charge is 2.07. The highest BCUT2D eigenvalue weighted by molar-refractivity contribution is 14.1. The SMILES string of the molecule is Brc1cc(Br)cc(-c2ccc(I)c3ccccc23)c1. The van der Waals surface area contributed by atoms with Gasteiger partial charge in [-0.2, -0.15) is 0 Å². The molecule has 19 heavy (non-hydrogen) atoms. The molecule has 0 aliphatic carbocycles. The van der Waals surface area contributed by atoms with Gasteiger partial charge in [0, 0.05) is 12.5 Å². The minimum atomic E-state index is 1.08. The fourth-order valence-corrected chi connectivity index (χ4v) is 4.17. The summed E-state index contributed by atoms with van der Waals surface area (Å²) in [6.45, 7) is 0. The van der Waals surface area contributed by atoms with Gasteiger partial charge in [-0.25, -0.2) is 0 Å². The van der Waals surface area contributed by atoms with Crippen LogP contribution < -0.4 is 0 Å². The zero-order valence-electron chi connectivity index (χ0n) is 9.83. The van der Waals surface area contributed by atoms with Crippen molar-refractivity contribution in [3.63, 3.8) is 0 Å². The Balaban J connectivity index is 2.34. The first-order valence-electron chi connectivity index (χ1n) is 5.79. The second-order valence-electron chi connectivity index (χ2n) is 4.30. The standard InChI is InChI=1S/C16H9Br2I/c17-11-7-10(8-12(18)9-11)13-5-6-16(19)15-4-2-1-3-14(13)15/h1-9H. The summed E-state index contributed by atoms with van der Waals surface area (Å²) in [4.78, 5) is 0. The zero-order chi connectivity index (χ0) is 13.4. The van der Waals surface area contributed by atoms with Crippen LogP contribution in [0.3, 0.4) is 0 Å². The summed E-state index contributed by atoms with van der Waals surface area (Å²) >= 11 is 9.50. The van der Waals surface area contributed by atoms with Crippen LogP contribution in [0, 0.1) is 3.57 Å². The van der Waals surface area contributed by atoms with Crippen LogP contribution in [0.1, 0.15) is 0 Å². The Labute approximate surface area is 142 Å². The van der Waals surface area contributed by atoms with Gasteiger partial charge in [-0.05, 0) is 68.8 Å². The molecule has 0 aliphatic heterocycles. The van der Waals surface area contributed by atoms with Crippen LogP contribution in [0.2, 0.25) is 0 Å². The summed E-state index contributed by atoms with van der Waals surface area (Å²) in [5.41, 5.74) is 2.48. The molecule has 0 bridgehead atoms. The smallest absolute Gasteiger partial charge is 0.0209 e. The predicted octanol–water partition coefficient (Wildman–Crippen LogP) is 6.64. The van der Waals surface area contributed by atoms with Gasteiger partial charge in [-0.15, -0.1) is 0 Å². The van der Waals surface area contributed by atoms with Crippen molar-refractivity contribution in [2.75, 3.05) is 0 Å². The van der Waals surface area contributed by atoms with Gasteiger partial charge in [0.15, 0.2) is 0 Å². The summed E-state index contributed by atoms with van der Waals surface area (Å²) in [7, 11) is 0. The third kappa shape index (κ3) is 2.73. The summed E-state index contributed by atoms with van der Waals surface area (Å²) in [5, 5.41) is 2.59. The third-order valence-corrected chi connectivity index (χ3v) is 4.90. The highest BCUT2D eigenvalue weighted by atomic mass is 127. The fourth-order valence-electron chi connectivity index (χ4n) is 2.22. The third-order valence-electron chi connectivity index (χ3n) is 3.04. The summed E-state index contributed by atoms with van der Waals surface area (Å²) < 4.78 is 3.45. The van der Waals surface area contributed by atoms with E-state index in [-0.39, 0.29) is 0 Å². The van der Waals surface area contributed by atoms with Crippen molar-refractivity contribution in [1.82, 2.24) is 0 Å². The molecule has 0 radical (unpaired) electrons. The molecule has 0 amide bonds. The Hall–Kier alpha value is -0.390. The maximum absolute atomic E-state index is 3.56. The Kier molecular flexibility index (Phi) is 3.96.